The molecule has 0 bridgehead atoms. The third-order valence-corrected chi connectivity index (χ3v) is 4.63. The monoisotopic (exact) mass is 392 g/mol. The highest BCUT2D eigenvalue weighted by molar-refractivity contribution is 6.35. The molecule has 0 fully saturated rings. The molecule has 0 saturated heterocycles. The van der Waals surface area contributed by atoms with Crippen molar-refractivity contribution >= 4 is 35.0 Å². The number of carbonyl (C=O) groups excluding carboxylic acids is 2. The summed E-state index contributed by atoms with van der Waals surface area (Å²) in [5.74, 6) is -0.361. The van der Waals surface area contributed by atoms with Crippen LogP contribution in [0.1, 0.15) is 49.9 Å². The minimum atomic E-state index is -0.265. The van der Waals surface area contributed by atoms with Crippen molar-refractivity contribution in [1.82, 2.24) is 10.6 Å². The number of benzene rings is 2. The maximum absolute atomic E-state index is 12.1. The van der Waals surface area contributed by atoms with E-state index in [1.54, 1.807) is 18.2 Å². The zero-order chi connectivity index (χ0) is 19.1. The smallest absolute Gasteiger partial charge is 0.220 e. The van der Waals surface area contributed by atoms with E-state index < -0.39 is 0 Å². The van der Waals surface area contributed by atoms with Crippen molar-refractivity contribution in [2.45, 2.75) is 38.8 Å². The summed E-state index contributed by atoms with van der Waals surface area (Å²) in [6.07, 6.45) is 0.243. The lowest BCUT2D eigenvalue weighted by Gasteiger charge is -2.17. The van der Waals surface area contributed by atoms with Crippen molar-refractivity contribution in [3.63, 3.8) is 0 Å². The van der Waals surface area contributed by atoms with Crippen LogP contribution in [0.2, 0.25) is 10.0 Å². The van der Waals surface area contributed by atoms with Gasteiger partial charge in [0.05, 0.1) is 12.1 Å². The number of halogens is 2. The van der Waals surface area contributed by atoms with Crippen LogP contribution in [0, 0.1) is 0 Å². The summed E-state index contributed by atoms with van der Waals surface area (Å²) < 4.78 is 0. The summed E-state index contributed by atoms with van der Waals surface area (Å²) in [5, 5.41) is 6.79. The van der Waals surface area contributed by atoms with Crippen molar-refractivity contribution in [2.24, 2.45) is 0 Å². The molecule has 4 nitrogen and oxygen atoms in total. The van der Waals surface area contributed by atoms with Gasteiger partial charge in [0.2, 0.25) is 11.8 Å². The van der Waals surface area contributed by atoms with Crippen LogP contribution in [0.4, 0.5) is 0 Å². The van der Waals surface area contributed by atoms with Crippen LogP contribution in [0.15, 0.2) is 48.5 Å². The van der Waals surface area contributed by atoms with Crippen LogP contribution in [0.3, 0.4) is 0 Å². The minimum absolute atomic E-state index is 0.0986. The highest BCUT2D eigenvalue weighted by atomic mass is 35.5. The number of nitrogens with one attached hydrogen (secondary N) is 2. The minimum Gasteiger partial charge on any atom is -0.350 e. The third kappa shape index (κ3) is 6.04. The van der Waals surface area contributed by atoms with Gasteiger partial charge in [-0.3, -0.25) is 9.59 Å². The first-order chi connectivity index (χ1) is 12.4. The Labute approximate surface area is 163 Å². The Bertz CT molecular complexity index is 766. The first kappa shape index (κ1) is 20.3. The van der Waals surface area contributed by atoms with Crippen molar-refractivity contribution in [1.29, 1.82) is 0 Å². The molecule has 2 rings (SSSR count). The van der Waals surface area contributed by atoms with E-state index in [9.17, 15) is 9.59 Å². The fourth-order valence-electron chi connectivity index (χ4n) is 2.61. The standard InChI is InChI=1S/C20H22Cl2N2O2/c1-13(15-6-4-3-5-7-15)23-19(25)10-11-20(26)24-14(2)17-9-8-16(21)12-18(17)22/h3-9,12-14H,10-11H2,1-2H3,(H,23,25)(H,24,26)/t13-,14+/m0/s1. The maximum Gasteiger partial charge on any atom is 0.220 e. The number of amides is 2. The summed E-state index contributed by atoms with van der Waals surface area (Å²) in [6.45, 7) is 3.75. The molecule has 2 atom stereocenters. The van der Waals surface area contributed by atoms with Gasteiger partial charge in [-0.15, -0.1) is 0 Å². The van der Waals surface area contributed by atoms with E-state index in [1.807, 2.05) is 44.2 Å². The molecule has 0 aliphatic rings. The van der Waals surface area contributed by atoms with Crippen LogP contribution in [0.5, 0.6) is 0 Å². The quantitative estimate of drug-likeness (QED) is 0.708. The largest absolute Gasteiger partial charge is 0.350 e. The molecule has 0 aliphatic heterocycles. The van der Waals surface area contributed by atoms with Gasteiger partial charge >= 0.3 is 0 Å². The molecule has 2 aromatic carbocycles. The van der Waals surface area contributed by atoms with E-state index >= 15 is 0 Å². The average Bonchev–Trinajstić information content (AvgIpc) is 2.60. The van der Waals surface area contributed by atoms with Crippen LogP contribution < -0.4 is 10.6 Å². The van der Waals surface area contributed by atoms with Gasteiger partial charge in [0.15, 0.2) is 0 Å². The molecule has 0 heterocycles. The van der Waals surface area contributed by atoms with Gasteiger partial charge in [0.1, 0.15) is 0 Å². The zero-order valence-electron chi connectivity index (χ0n) is 14.8. The van der Waals surface area contributed by atoms with E-state index in [0.29, 0.717) is 10.0 Å². The highest BCUT2D eigenvalue weighted by Gasteiger charge is 2.15. The number of hydrogen-bond acceptors (Lipinski definition) is 2. The van der Waals surface area contributed by atoms with Gasteiger partial charge in [-0.05, 0) is 37.1 Å². The van der Waals surface area contributed by atoms with Gasteiger partial charge < -0.3 is 10.6 Å². The zero-order valence-corrected chi connectivity index (χ0v) is 16.3. The summed E-state index contributed by atoms with van der Waals surface area (Å²) in [7, 11) is 0. The predicted octanol–water partition coefficient (Wildman–Crippen LogP) is 4.83. The molecule has 0 radical (unpaired) electrons. The van der Waals surface area contributed by atoms with Crippen molar-refractivity contribution < 1.29 is 9.59 Å². The molecule has 2 amide bonds. The van der Waals surface area contributed by atoms with E-state index in [2.05, 4.69) is 10.6 Å². The van der Waals surface area contributed by atoms with Gasteiger partial charge in [-0.25, -0.2) is 0 Å². The number of carbonyl (C=O) groups is 2. The van der Waals surface area contributed by atoms with Crippen LogP contribution in [-0.4, -0.2) is 11.8 Å². The lowest BCUT2D eigenvalue weighted by Crippen LogP contribution is -2.30. The molecular formula is C20H22Cl2N2O2. The molecule has 6 heteroatoms. The Hall–Kier alpha value is -2.04. The van der Waals surface area contributed by atoms with E-state index in [1.165, 1.54) is 0 Å². The molecule has 2 N–H and O–H groups in total. The molecule has 138 valence electrons. The maximum atomic E-state index is 12.1. The first-order valence-electron chi connectivity index (χ1n) is 8.45. The molecule has 0 saturated carbocycles. The Morgan fingerprint density at radius 2 is 1.46 bits per heavy atom. The second-order valence-corrected chi connectivity index (χ2v) is 7.00. The second kappa shape index (κ2) is 9.60. The Kier molecular flexibility index (Phi) is 7.49. The molecular weight excluding hydrogens is 371 g/mol. The van der Waals surface area contributed by atoms with Crippen molar-refractivity contribution in [3.8, 4) is 0 Å². The summed E-state index contributed by atoms with van der Waals surface area (Å²) in [4.78, 5) is 24.2. The number of rotatable bonds is 7. The first-order valence-corrected chi connectivity index (χ1v) is 9.21. The van der Waals surface area contributed by atoms with Crippen molar-refractivity contribution in [3.05, 3.63) is 69.7 Å². The fraction of sp³-hybridized carbons (Fsp3) is 0.300. The van der Waals surface area contributed by atoms with E-state index in [4.69, 9.17) is 23.2 Å². The van der Waals surface area contributed by atoms with Crippen LogP contribution in [-0.2, 0) is 9.59 Å². The van der Waals surface area contributed by atoms with Gasteiger partial charge in [0.25, 0.3) is 0 Å². The van der Waals surface area contributed by atoms with Crippen LogP contribution >= 0.6 is 23.2 Å². The molecule has 0 spiro atoms. The highest BCUT2D eigenvalue weighted by Crippen LogP contribution is 2.26. The van der Waals surface area contributed by atoms with Gasteiger partial charge in [-0.2, -0.15) is 0 Å². The van der Waals surface area contributed by atoms with E-state index in [0.717, 1.165) is 11.1 Å². The van der Waals surface area contributed by atoms with Gasteiger partial charge in [0, 0.05) is 22.9 Å². The molecule has 2 aromatic rings. The molecule has 0 aromatic heterocycles. The summed E-state index contributed by atoms with van der Waals surface area (Å²) >= 11 is 12.0. The van der Waals surface area contributed by atoms with Crippen molar-refractivity contribution in [2.75, 3.05) is 0 Å². The SMILES string of the molecule is C[C@H](NC(=O)CCC(=O)N[C@H](C)c1ccc(Cl)cc1Cl)c1ccccc1. The van der Waals surface area contributed by atoms with Crippen LogP contribution in [0.25, 0.3) is 0 Å². The Morgan fingerprint density at radius 1 is 0.885 bits per heavy atom. The number of hydrogen-bond donors (Lipinski definition) is 2. The molecule has 26 heavy (non-hydrogen) atoms. The fourth-order valence-corrected chi connectivity index (χ4v) is 3.18. The lowest BCUT2D eigenvalue weighted by molar-refractivity contribution is -0.127. The Morgan fingerprint density at radius 3 is 2.04 bits per heavy atom. The summed E-state index contributed by atoms with van der Waals surface area (Å²) in [6, 6.07) is 14.5. The predicted molar refractivity (Wildman–Crippen MR) is 105 cm³/mol. The second-order valence-electron chi connectivity index (χ2n) is 6.15. The van der Waals surface area contributed by atoms with Gasteiger partial charge in [-0.1, -0.05) is 59.6 Å². The molecule has 0 aliphatic carbocycles. The normalized spacial score (nSPS) is 12.9. The Balaban J connectivity index is 1.79. The molecule has 0 unspecified atom stereocenters. The average molecular weight is 393 g/mol. The summed E-state index contributed by atoms with van der Waals surface area (Å²) in [5.41, 5.74) is 1.81. The lowest BCUT2D eigenvalue weighted by atomic mass is 10.1. The van der Waals surface area contributed by atoms with E-state index in [-0.39, 0.29) is 36.7 Å². The topological polar surface area (TPSA) is 58.2 Å². The third-order valence-electron chi connectivity index (χ3n) is 4.06.